The fourth-order valence-electron chi connectivity index (χ4n) is 2.52. The molecule has 1 heterocycles. The van der Waals surface area contributed by atoms with Crippen LogP contribution in [0.4, 0.5) is 5.69 Å². The molecule has 114 valence electrons. The van der Waals surface area contributed by atoms with Crippen molar-refractivity contribution >= 4 is 16.6 Å². The van der Waals surface area contributed by atoms with Crippen LogP contribution in [0.5, 0.6) is 0 Å². The maximum atomic E-state index is 10.3. The summed E-state index contributed by atoms with van der Waals surface area (Å²) in [5.41, 5.74) is 4.00. The fraction of sp³-hybridized carbons (Fsp3) is 0.158. The van der Waals surface area contributed by atoms with Crippen LogP contribution < -0.4 is 5.32 Å². The molecule has 3 rings (SSSR count). The van der Waals surface area contributed by atoms with Crippen LogP contribution in [-0.4, -0.2) is 16.6 Å². The van der Waals surface area contributed by atoms with Gasteiger partial charge in [0.1, 0.15) is 6.07 Å². The average Bonchev–Trinajstić information content (AvgIpc) is 2.59. The number of rotatable bonds is 4. The smallest absolute Gasteiger partial charge is 0.103 e. The summed E-state index contributed by atoms with van der Waals surface area (Å²) in [5, 5.41) is 23.7. The molecule has 4 nitrogen and oxygen atoms in total. The summed E-state index contributed by atoms with van der Waals surface area (Å²) in [5.74, 6) is 0. The SMILES string of the molecule is Cc1ccc(C(O)CNc2c(C#N)cnc3ccccc23)cc1. The molecule has 0 fully saturated rings. The van der Waals surface area contributed by atoms with Crippen molar-refractivity contribution < 1.29 is 5.11 Å². The van der Waals surface area contributed by atoms with Gasteiger partial charge in [0.25, 0.3) is 0 Å². The largest absolute Gasteiger partial charge is 0.387 e. The van der Waals surface area contributed by atoms with Crippen LogP contribution in [0.15, 0.2) is 54.7 Å². The van der Waals surface area contributed by atoms with Crippen molar-refractivity contribution in [3.05, 3.63) is 71.4 Å². The van der Waals surface area contributed by atoms with Crippen molar-refractivity contribution in [3.63, 3.8) is 0 Å². The molecule has 4 heteroatoms. The van der Waals surface area contributed by atoms with Crippen LogP contribution in [0.2, 0.25) is 0 Å². The van der Waals surface area contributed by atoms with Crippen molar-refractivity contribution in [2.45, 2.75) is 13.0 Å². The second kappa shape index (κ2) is 6.47. The van der Waals surface area contributed by atoms with Crippen LogP contribution >= 0.6 is 0 Å². The Morgan fingerprint density at radius 3 is 2.65 bits per heavy atom. The van der Waals surface area contributed by atoms with E-state index in [-0.39, 0.29) is 0 Å². The van der Waals surface area contributed by atoms with Gasteiger partial charge in [0.15, 0.2) is 0 Å². The standard InChI is InChI=1S/C19H17N3O/c1-13-6-8-14(9-7-13)18(23)12-22-19-15(10-20)11-21-17-5-3-2-4-16(17)19/h2-9,11,18,23H,12H2,1H3,(H,21,22). The zero-order valence-electron chi connectivity index (χ0n) is 12.8. The molecular weight excluding hydrogens is 286 g/mol. The molecule has 0 amide bonds. The first kappa shape index (κ1) is 15.0. The number of anilines is 1. The monoisotopic (exact) mass is 303 g/mol. The predicted octanol–water partition coefficient (Wildman–Crippen LogP) is 3.56. The number of nitriles is 1. The van der Waals surface area contributed by atoms with E-state index in [4.69, 9.17) is 0 Å². The number of aliphatic hydroxyl groups excluding tert-OH is 1. The fourth-order valence-corrected chi connectivity index (χ4v) is 2.52. The van der Waals surface area contributed by atoms with Crippen LogP contribution in [0.1, 0.15) is 22.8 Å². The molecule has 0 radical (unpaired) electrons. The van der Waals surface area contributed by atoms with Gasteiger partial charge in [0.05, 0.1) is 22.9 Å². The van der Waals surface area contributed by atoms with Gasteiger partial charge in [-0.05, 0) is 18.6 Å². The van der Waals surface area contributed by atoms with E-state index in [2.05, 4.69) is 16.4 Å². The molecule has 2 aromatic carbocycles. The zero-order chi connectivity index (χ0) is 16.2. The highest BCUT2D eigenvalue weighted by molar-refractivity contribution is 5.93. The number of aryl methyl sites for hydroxylation is 1. The number of nitrogens with zero attached hydrogens (tertiary/aromatic N) is 2. The van der Waals surface area contributed by atoms with Crippen molar-refractivity contribution in [2.24, 2.45) is 0 Å². The minimum atomic E-state index is -0.644. The first-order valence-electron chi connectivity index (χ1n) is 7.45. The average molecular weight is 303 g/mol. The molecule has 1 unspecified atom stereocenters. The molecular formula is C19H17N3O. The number of para-hydroxylation sites is 1. The van der Waals surface area contributed by atoms with Gasteiger partial charge >= 0.3 is 0 Å². The van der Waals surface area contributed by atoms with Crippen molar-refractivity contribution in [3.8, 4) is 6.07 Å². The lowest BCUT2D eigenvalue weighted by atomic mass is 10.1. The van der Waals surface area contributed by atoms with Gasteiger partial charge in [-0.3, -0.25) is 4.98 Å². The van der Waals surface area contributed by atoms with E-state index in [1.54, 1.807) is 6.20 Å². The second-order valence-electron chi connectivity index (χ2n) is 5.48. The number of aromatic nitrogens is 1. The number of fused-ring (bicyclic) bond motifs is 1. The van der Waals surface area contributed by atoms with Crippen LogP contribution in [0.25, 0.3) is 10.9 Å². The van der Waals surface area contributed by atoms with E-state index >= 15 is 0 Å². The molecule has 3 aromatic rings. The third-order valence-electron chi connectivity index (χ3n) is 3.83. The number of pyridine rings is 1. The van der Waals surface area contributed by atoms with Gasteiger partial charge in [-0.2, -0.15) is 5.26 Å². The third-order valence-corrected chi connectivity index (χ3v) is 3.83. The molecule has 0 aliphatic rings. The summed E-state index contributed by atoms with van der Waals surface area (Å²) in [6, 6.07) is 17.6. The Morgan fingerprint density at radius 1 is 1.17 bits per heavy atom. The van der Waals surface area contributed by atoms with Gasteiger partial charge in [0, 0.05) is 18.1 Å². The lowest BCUT2D eigenvalue weighted by Crippen LogP contribution is -2.13. The van der Waals surface area contributed by atoms with Gasteiger partial charge in [-0.25, -0.2) is 0 Å². The summed E-state index contributed by atoms with van der Waals surface area (Å²) in [6.07, 6.45) is 0.914. The van der Waals surface area contributed by atoms with Crippen LogP contribution in [0, 0.1) is 18.3 Å². The molecule has 23 heavy (non-hydrogen) atoms. The van der Waals surface area contributed by atoms with E-state index in [0.29, 0.717) is 17.8 Å². The number of benzene rings is 2. The maximum Gasteiger partial charge on any atom is 0.103 e. The van der Waals surface area contributed by atoms with Gasteiger partial charge < -0.3 is 10.4 Å². The summed E-state index contributed by atoms with van der Waals surface area (Å²) in [6.45, 7) is 2.34. The van der Waals surface area contributed by atoms with E-state index in [1.807, 2.05) is 55.5 Å². The summed E-state index contributed by atoms with van der Waals surface area (Å²) in [4.78, 5) is 4.28. The molecule has 0 saturated heterocycles. The number of hydrogen-bond donors (Lipinski definition) is 2. The van der Waals surface area contributed by atoms with Crippen LogP contribution in [-0.2, 0) is 0 Å². The molecule has 0 spiro atoms. The molecule has 0 bridgehead atoms. The quantitative estimate of drug-likeness (QED) is 0.773. The zero-order valence-corrected chi connectivity index (χ0v) is 12.8. The first-order chi connectivity index (χ1) is 11.2. The third kappa shape index (κ3) is 3.15. The van der Waals surface area contributed by atoms with Gasteiger partial charge in [0.2, 0.25) is 0 Å². The Balaban J connectivity index is 1.86. The van der Waals surface area contributed by atoms with Crippen LogP contribution in [0.3, 0.4) is 0 Å². The molecule has 1 atom stereocenters. The topological polar surface area (TPSA) is 68.9 Å². The Hall–Kier alpha value is -2.90. The van der Waals surface area contributed by atoms with Crippen molar-refractivity contribution in [1.29, 1.82) is 5.26 Å². The minimum Gasteiger partial charge on any atom is -0.387 e. The molecule has 0 aliphatic carbocycles. The second-order valence-corrected chi connectivity index (χ2v) is 5.48. The maximum absolute atomic E-state index is 10.3. The van der Waals surface area contributed by atoms with Crippen molar-refractivity contribution in [2.75, 3.05) is 11.9 Å². The normalized spacial score (nSPS) is 11.9. The highest BCUT2D eigenvalue weighted by Gasteiger charge is 2.11. The summed E-state index contributed by atoms with van der Waals surface area (Å²) in [7, 11) is 0. The van der Waals surface area contributed by atoms with Gasteiger partial charge in [-0.1, -0.05) is 48.0 Å². The predicted molar refractivity (Wildman–Crippen MR) is 91.1 cm³/mol. The Morgan fingerprint density at radius 2 is 1.91 bits per heavy atom. The summed E-state index contributed by atoms with van der Waals surface area (Å²) < 4.78 is 0. The lowest BCUT2D eigenvalue weighted by molar-refractivity contribution is 0.191. The van der Waals surface area contributed by atoms with Crippen molar-refractivity contribution in [1.82, 2.24) is 4.98 Å². The Bertz CT molecular complexity index is 866. The molecule has 1 aromatic heterocycles. The highest BCUT2D eigenvalue weighted by Crippen LogP contribution is 2.26. The van der Waals surface area contributed by atoms with E-state index < -0.39 is 6.10 Å². The van der Waals surface area contributed by atoms with E-state index in [0.717, 1.165) is 22.0 Å². The number of aliphatic hydroxyl groups is 1. The molecule has 2 N–H and O–H groups in total. The highest BCUT2D eigenvalue weighted by atomic mass is 16.3. The Kier molecular flexibility index (Phi) is 4.22. The minimum absolute atomic E-state index is 0.325. The molecule has 0 saturated carbocycles. The van der Waals surface area contributed by atoms with Gasteiger partial charge in [-0.15, -0.1) is 0 Å². The van der Waals surface area contributed by atoms with E-state index in [9.17, 15) is 10.4 Å². The number of nitrogens with one attached hydrogen (secondary N) is 1. The Labute approximate surface area is 135 Å². The lowest BCUT2D eigenvalue weighted by Gasteiger charge is -2.15. The van der Waals surface area contributed by atoms with E-state index in [1.165, 1.54) is 0 Å². The summed E-state index contributed by atoms with van der Waals surface area (Å²) >= 11 is 0. The first-order valence-corrected chi connectivity index (χ1v) is 7.45. The number of hydrogen-bond acceptors (Lipinski definition) is 4. The molecule has 0 aliphatic heterocycles.